The monoisotopic (exact) mass is 464 g/mol. The molecule has 0 saturated heterocycles. The van der Waals surface area contributed by atoms with E-state index in [1.54, 1.807) is 19.2 Å². The lowest BCUT2D eigenvalue weighted by Gasteiger charge is -2.23. The number of aliphatic carboxylic acids is 1. The first-order chi connectivity index (χ1) is 16.3. The van der Waals surface area contributed by atoms with Crippen molar-refractivity contribution in [2.75, 3.05) is 19.0 Å². The Labute approximate surface area is 200 Å². The second kappa shape index (κ2) is 11.4. The molecule has 0 fully saturated rings. The van der Waals surface area contributed by atoms with Crippen molar-refractivity contribution in [3.05, 3.63) is 71.5 Å². The van der Waals surface area contributed by atoms with Gasteiger partial charge in [-0.05, 0) is 43.5 Å². The minimum Gasteiger partial charge on any atom is -0.495 e. The summed E-state index contributed by atoms with van der Waals surface area (Å²) in [6.07, 6.45) is 0.740. The van der Waals surface area contributed by atoms with Crippen LogP contribution in [-0.4, -0.2) is 30.6 Å². The molecule has 3 rings (SSSR count). The average molecular weight is 465 g/mol. The van der Waals surface area contributed by atoms with Gasteiger partial charge in [-0.2, -0.15) is 0 Å². The van der Waals surface area contributed by atoms with Gasteiger partial charge in [-0.15, -0.1) is 0 Å². The van der Waals surface area contributed by atoms with Gasteiger partial charge in [0.25, 0.3) is 5.91 Å². The molecule has 1 aromatic heterocycles. The van der Waals surface area contributed by atoms with Crippen LogP contribution in [-0.2, 0) is 4.79 Å². The Morgan fingerprint density at radius 3 is 2.47 bits per heavy atom. The molecule has 1 heterocycles. The highest BCUT2D eigenvalue weighted by molar-refractivity contribution is 5.95. The number of carboxylic acids is 1. The number of furan rings is 1. The number of ether oxygens (including phenoxy) is 1. The SMILES string of the molecule is COc1cc(C(=O)NCCC(=O)O)ccc1NC(CC(C)C)c1cc(-c2ccccc2)oc1C. The van der Waals surface area contributed by atoms with Crippen molar-refractivity contribution >= 4 is 17.6 Å². The van der Waals surface area contributed by atoms with Crippen LogP contribution >= 0.6 is 0 Å². The lowest BCUT2D eigenvalue weighted by molar-refractivity contribution is -0.136. The number of rotatable bonds is 11. The molecule has 0 aliphatic rings. The second-order valence-corrected chi connectivity index (χ2v) is 8.63. The molecule has 0 aliphatic heterocycles. The normalized spacial score (nSPS) is 11.8. The first-order valence-electron chi connectivity index (χ1n) is 11.4. The van der Waals surface area contributed by atoms with E-state index in [0.29, 0.717) is 17.2 Å². The van der Waals surface area contributed by atoms with Crippen LogP contribution < -0.4 is 15.4 Å². The zero-order chi connectivity index (χ0) is 24.7. The zero-order valence-electron chi connectivity index (χ0n) is 20.1. The molecule has 1 atom stereocenters. The molecule has 2 aromatic carbocycles. The van der Waals surface area contributed by atoms with E-state index in [0.717, 1.165) is 34.8 Å². The number of amides is 1. The van der Waals surface area contributed by atoms with Gasteiger partial charge in [-0.25, -0.2) is 0 Å². The van der Waals surface area contributed by atoms with Crippen LogP contribution in [0.2, 0.25) is 0 Å². The molecule has 0 radical (unpaired) electrons. The Bertz CT molecular complexity index is 1120. The maximum absolute atomic E-state index is 12.4. The van der Waals surface area contributed by atoms with Crippen molar-refractivity contribution < 1.29 is 23.8 Å². The third-order valence-corrected chi connectivity index (χ3v) is 5.51. The van der Waals surface area contributed by atoms with Crippen LogP contribution in [0.5, 0.6) is 5.75 Å². The molecule has 0 saturated carbocycles. The van der Waals surface area contributed by atoms with Crippen molar-refractivity contribution in [2.45, 2.75) is 39.7 Å². The van der Waals surface area contributed by atoms with Crippen LogP contribution in [0.1, 0.15) is 54.4 Å². The molecule has 1 unspecified atom stereocenters. The standard InChI is InChI=1S/C27H32N2O5/c1-17(2)14-23(21-16-24(34-18(21)3)19-8-6-5-7-9-19)29-22-11-10-20(15-25(22)33-4)27(32)28-13-12-26(30)31/h5-11,15-17,23,29H,12-14H2,1-4H3,(H,28,32)(H,30,31). The molecule has 34 heavy (non-hydrogen) atoms. The average Bonchev–Trinajstić information content (AvgIpc) is 3.20. The van der Waals surface area contributed by atoms with Gasteiger partial charge in [0.15, 0.2) is 0 Å². The van der Waals surface area contributed by atoms with E-state index in [1.165, 1.54) is 0 Å². The van der Waals surface area contributed by atoms with E-state index < -0.39 is 5.97 Å². The highest BCUT2D eigenvalue weighted by Gasteiger charge is 2.22. The number of benzene rings is 2. The van der Waals surface area contributed by atoms with Gasteiger partial charge in [-0.1, -0.05) is 44.2 Å². The van der Waals surface area contributed by atoms with Gasteiger partial charge >= 0.3 is 5.97 Å². The number of carbonyl (C=O) groups is 2. The second-order valence-electron chi connectivity index (χ2n) is 8.63. The smallest absolute Gasteiger partial charge is 0.305 e. The van der Waals surface area contributed by atoms with Gasteiger partial charge in [0.05, 0.1) is 25.3 Å². The van der Waals surface area contributed by atoms with Crippen LogP contribution in [0.3, 0.4) is 0 Å². The number of methoxy groups -OCH3 is 1. The van der Waals surface area contributed by atoms with Gasteiger partial charge in [0.1, 0.15) is 17.3 Å². The molecule has 0 bridgehead atoms. The number of carboxylic acid groups (broad SMARTS) is 1. The summed E-state index contributed by atoms with van der Waals surface area (Å²) in [5.74, 6) is 1.33. The Morgan fingerprint density at radius 1 is 1.09 bits per heavy atom. The Hall–Kier alpha value is -3.74. The zero-order valence-corrected chi connectivity index (χ0v) is 20.1. The number of aryl methyl sites for hydroxylation is 1. The summed E-state index contributed by atoms with van der Waals surface area (Å²) in [7, 11) is 1.56. The van der Waals surface area contributed by atoms with E-state index in [4.69, 9.17) is 14.3 Å². The first kappa shape index (κ1) is 24.9. The van der Waals surface area contributed by atoms with Crippen LogP contribution in [0, 0.1) is 12.8 Å². The minimum atomic E-state index is -0.960. The summed E-state index contributed by atoms with van der Waals surface area (Å²) in [4.78, 5) is 23.1. The molecule has 180 valence electrons. The van der Waals surface area contributed by atoms with E-state index in [1.807, 2.05) is 43.3 Å². The summed E-state index contributed by atoms with van der Waals surface area (Å²) in [5.41, 5.74) is 3.26. The van der Waals surface area contributed by atoms with Crippen LogP contribution in [0.25, 0.3) is 11.3 Å². The Morgan fingerprint density at radius 2 is 1.82 bits per heavy atom. The molecule has 1 amide bonds. The molecule has 0 spiro atoms. The number of anilines is 1. The van der Waals surface area contributed by atoms with Gasteiger partial charge < -0.3 is 24.9 Å². The molecule has 7 heteroatoms. The predicted octanol–water partition coefficient (Wildman–Crippen LogP) is 5.67. The fraction of sp³-hybridized carbons (Fsp3) is 0.333. The van der Waals surface area contributed by atoms with Crippen molar-refractivity contribution in [3.8, 4) is 17.1 Å². The van der Waals surface area contributed by atoms with Gasteiger partial charge in [-0.3, -0.25) is 9.59 Å². The Kier molecular flexibility index (Phi) is 8.35. The minimum absolute atomic E-state index is 0.0228. The van der Waals surface area contributed by atoms with E-state index in [2.05, 4.69) is 30.5 Å². The number of hydrogen-bond acceptors (Lipinski definition) is 5. The first-order valence-corrected chi connectivity index (χ1v) is 11.4. The summed E-state index contributed by atoms with van der Waals surface area (Å²) < 4.78 is 11.7. The van der Waals surface area contributed by atoms with E-state index >= 15 is 0 Å². The Balaban J connectivity index is 1.84. The molecule has 3 aromatic rings. The maximum Gasteiger partial charge on any atom is 0.305 e. The van der Waals surface area contributed by atoms with Crippen molar-refractivity contribution in [1.29, 1.82) is 0 Å². The lowest BCUT2D eigenvalue weighted by atomic mass is 9.96. The predicted molar refractivity (Wildman–Crippen MR) is 132 cm³/mol. The third-order valence-electron chi connectivity index (χ3n) is 5.51. The van der Waals surface area contributed by atoms with Crippen molar-refractivity contribution in [1.82, 2.24) is 5.32 Å². The topological polar surface area (TPSA) is 101 Å². The molecular weight excluding hydrogens is 432 g/mol. The van der Waals surface area contributed by atoms with E-state index in [9.17, 15) is 9.59 Å². The van der Waals surface area contributed by atoms with Gasteiger partial charge in [0.2, 0.25) is 0 Å². The van der Waals surface area contributed by atoms with Crippen molar-refractivity contribution in [2.24, 2.45) is 5.92 Å². The molecular formula is C27H32N2O5. The number of nitrogens with one attached hydrogen (secondary N) is 2. The van der Waals surface area contributed by atoms with Gasteiger partial charge in [0, 0.05) is 23.2 Å². The quantitative estimate of drug-likeness (QED) is 0.338. The maximum atomic E-state index is 12.4. The number of carbonyl (C=O) groups excluding carboxylic acids is 1. The van der Waals surface area contributed by atoms with E-state index in [-0.39, 0.29) is 24.9 Å². The summed E-state index contributed by atoms with van der Waals surface area (Å²) in [6.45, 7) is 6.38. The summed E-state index contributed by atoms with van der Waals surface area (Å²) >= 11 is 0. The van der Waals surface area contributed by atoms with Crippen LogP contribution in [0.15, 0.2) is 59.0 Å². The highest BCUT2D eigenvalue weighted by atomic mass is 16.5. The molecule has 7 nitrogen and oxygen atoms in total. The number of hydrogen-bond donors (Lipinski definition) is 3. The highest BCUT2D eigenvalue weighted by Crippen LogP contribution is 2.36. The summed E-state index contributed by atoms with van der Waals surface area (Å²) in [6, 6.07) is 17.2. The summed E-state index contributed by atoms with van der Waals surface area (Å²) in [5, 5.41) is 14.9. The fourth-order valence-corrected chi connectivity index (χ4v) is 3.85. The third kappa shape index (κ3) is 6.41. The van der Waals surface area contributed by atoms with Crippen molar-refractivity contribution in [3.63, 3.8) is 0 Å². The lowest BCUT2D eigenvalue weighted by Crippen LogP contribution is -2.26. The fourth-order valence-electron chi connectivity index (χ4n) is 3.85. The van der Waals surface area contributed by atoms with Crippen LogP contribution in [0.4, 0.5) is 5.69 Å². The molecule has 0 aliphatic carbocycles. The largest absolute Gasteiger partial charge is 0.495 e. The molecule has 3 N–H and O–H groups in total.